The Morgan fingerprint density at radius 3 is 2.60 bits per heavy atom. The first-order valence-corrected chi connectivity index (χ1v) is 8.86. The zero-order valence-corrected chi connectivity index (χ0v) is 13.0. The minimum absolute atomic E-state index is 0.132. The van der Waals surface area contributed by atoms with Crippen molar-refractivity contribution < 1.29 is 13.5 Å². The van der Waals surface area contributed by atoms with Gasteiger partial charge in [-0.2, -0.15) is 4.31 Å². The molecule has 1 aromatic carbocycles. The van der Waals surface area contributed by atoms with Crippen LogP contribution in [0.1, 0.15) is 55.9 Å². The SMILES string of the molecule is CCCCC(O)c1ccc2c(c1)CN(S(=O)(=O)CC)C2. The topological polar surface area (TPSA) is 57.6 Å². The predicted molar refractivity (Wildman–Crippen MR) is 79.6 cm³/mol. The van der Waals surface area contributed by atoms with E-state index < -0.39 is 16.1 Å². The summed E-state index contributed by atoms with van der Waals surface area (Å²) in [5.41, 5.74) is 2.97. The summed E-state index contributed by atoms with van der Waals surface area (Å²) in [7, 11) is -3.14. The molecule has 112 valence electrons. The molecule has 1 atom stereocenters. The lowest BCUT2D eigenvalue weighted by Crippen LogP contribution is -2.26. The second-order valence-corrected chi connectivity index (χ2v) is 7.61. The summed E-state index contributed by atoms with van der Waals surface area (Å²) in [6.45, 7) is 4.65. The van der Waals surface area contributed by atoms with Gasteiger partial charge < -0.3 is 5.11 Å². The third-order valence-corrected chi connectivity index (χ3v) is 5.67. The molecule has 0 saturated heterocycles. The second kappa shape index (κ2) is 6.24. The van der Waals surface area contributed by atoms with Crippen molar-refractivity contribution in [3.63, 3.8) is 0 Å². The van der Waals surface area contributed by atoms with Gasteiger partial charge in [0.15, 0.2) is 0 Å². The fourth-order valence-electron chi connectivity index (χ4n) is 2.53. The highest BCUT2D eigenvalue weighted by Gasteiger charge is 2.28. The minimum atomic E-state index is -3.14. The lowest BCUT2D eigenvalue weighted by molar-refractivity contribution is 0.164. The van der Waals surface area contributed by atoms with Crippen LogP contribution in [0.4, 0.5) is 0 Å². The molecule has 1 aliphatic heterocycles. The monoisotopic (exact) mass is 297 g/mol. The summed E-state index contributed by atoms with van der Waals surface area (Å²) in [4.78, 5) is 0. The van der Waals surface area contributed by atoms with Gasteiger partial charge in [-0.15, -0.1) is 0 Å². The van der Waals surface area contributed by atoms with Crippen LogP contribution in [0.3, 0.4) is 0 Å². The maximum absolute atomic E-state index is 11.9. The lowest BCUT2D eigenvalue weighted by atomic mass is 10.00. The van der Waals surface area contributed by atoms with E-state index in [9.17, 15) is 13.5 Å². The van der Waals surface area contributed by atoms with Crippen molar-refractivity contribution in [2.75, 3.05) is 5.75 Å². The number of benzene rings is 1. The number of aliphatic hydroxyl groups is 1. The summed E-state index contributed by atoms with van der Waals surface area (Å²) in [5, 5.41) is 10.1. The van der Waals surface area contributed by atoms with Crippen molar-refractivity contribution in [3.8, 4) is 0 Å². The van der Waals surface area contributed by atoms with Crippen LogP contribution in [0.15, 0.2) is 18.2 Å². The molecule has 1 aliphatic rings. The molecule has 0 saturated carbocycles. The molecule has 0 spiro atoms. The number of sulfonamides is 1. The molecule has 1 heterocycles. The molecule has 0 aliphatic carbocycles. The van der Waals surface area contributed by atoms with Gasteiger partial charge in [0.25, 0.3) is 0 Å². The smallest absolute Gasteiger partial charge is 0.214 e. The van der Waals surface area contributed by atoms with Crippen molar-refractivity contribution in [1.29, 1.82) is 0 Å². The van der Waals surface area contributed by atoms with Crippen molar-refractivity contribution in [2.24, 2.45) is 0 Å². The zero-order chi connectivity index (χ0) is 14.8. The molecular formula is C15H23NO3S. The predicted octanol–water partition coefficient (Wildman–Crippen LogP) is 2.58. The third kappa shape index (κ3) is 3.22. The van der Waals surface area contributed by atoms with Gasteiger partial charge in [0.1, 0.15) is 0 Å². The van der Waals surface area contributed by atoms with E-state index in [1.54, 1.807) is 6.92 Å². The molecule has 2 rings (SSSR count). The first-order chi connectivity index (χ1) is 9.47. The highest BCUT2D eigenvalue weighted by Crippen LogP contribution is 2.29. The Kier molecular flexibility index (Phi) is 4.83. The van der Waals surface area contributed by atoms with E-state index in [1.165, 1.54) is 4.31 Å². The van der Waals surface area contributed by atoms with Crippen molar-refractivity contribution in [3.05, 3.63) is 34.9 Å². The molecule has 4 nitrogen and oxygen atoms in total. The Hall–Kier alpha value is -0.910. The summed E-state index contributed by atoms with van der Waals surface area (Å²) >= 11 is 0. The Labute approximate surface area is 121 Å². The summed E-state index contributed by atoms with van der Waals surface area (Å²) in [6.07, 6.45) is 2.36. The van der Waals surface area contributed by atoms with E-state index in [1.807, 2.05) is 18.2 Å². The van der Waals surface area contributed by atoms with Crippen LogP contribution in [0.5, 0.6) is 0 Å². The lowest BCUT2D eigenvalue weighted by Gasteiger charge is -2.13. The molecule has 0 radical (unpaired) electrons. The normalized spacial score (nSPS) is 17.1. The van der Waals surface area contributed by atoms with E-state index in [2.05, 4.69) is 6.92 Å². The average Bonchev–Trinajstić information content (AvgIpc) is 2.88. The number of hydrogen-bond acceptors (Lipinski definition) is 3. The van der Waals surface area contributed by atoms with Crippen molar-refractivity contribution in [2.45, 2.75) is 52.3 Å². The molecule has 20 heavy (non-hydrogen) atoms. The first kappa shape index (κ1) is 15.5. The standard InChI is InChI=1S/C15H23NO3S/c1-3-5-6-15(17)12-7-8-13-10-16(11-14(13)9-12)20(18,19)4-2/h7-9,15,17H,3-6,10-11H2,1-2H3. The quantitative estimate of drug-likeness (QED) is 0.878. The highest BCUT2D eigenvalue weighted by atomic mass is 32.2. The second-order valence-electron chi connectivity index (χ2n) is 5.35. The van der Waals surface area contributed by atoms with E-state index in [0.29, 0.717) is 13.1 Å². The first-order valence-electron chi connectivity index (χ1n) is 7.25. The van der Waals surface area contributed by atoms with Crippen LogP contribution in [0, 0.1) is 0 Å². The molecule has 0 amide bonds. The van der Waals surface area contributed by atoms with Gasteiger partial charge in [0.05, 0.1) is 11.9 Å². The van der Waals surface area contributed by atoms with E-state index >= 15 is 0 Å². The minimum Gasteiger partial charge on any atom is -0.388 e. The summed E-state index contributed by atoms with van der Waals surface area (Å²) in [6, 6.07) is 5.83. The van der Waals surface area contributed by atoms with Crippen LogP contribution in [0.2, 0.25) is 0 Å². The molecule has 0 fully saturated rings. The van der Waals surface area contributed by atoms with Gasteiger partial charge in [-0.25, -0.2) is 8.42 Å². The molecule has 1 N–H and O–H groups in total. The van der Waals surface area contributed by atoms with Crippen LogP contribution < -0.4 is 0 Å². The number of aliphatic hydroxyl groups excluding tert-OH is 1. The fraction of sp³-hybridized carbons (Fsp3) is 0.600. The van der Waals surface area contributed by atoms with Crippen molar-refractivity contribution >= 4 is 10.0 Å². The Bertz CT molecular complexity index is 568. The highest BCUT2D eigenvalue weighted by molar-refractivity contribution is 7.89. The number of fused-ring (bicyclic) bond motifs is 1. The molecule has 1 aromatic rings. The van der Waals surface area contributed by atoms with Gasteiger partial charge in [0, 0.05) is 13.1 Å². The van der Waals surface area contributed by atoms with Crippen LogP contribution in [-0.4, -0.2) is 23.6 Å². The average molecular weight is 297 g/mol. The van der Waals surface area contributed by atoms with E-state index in [4.69, 9.17) is 0 Å². The van der Waals surface area contributed by atoms with Gasteiger partial charge >= 0.3 is 0 Å². The van der Waals surface area contributed by atoms with Crippen LogP contribution >= 0.6 is 0 Å². The van der Waals surface area contributed by atoms with Gasteiger partial charge in [-0.1, -0.05) is 38.0 Å². The Morgan fingerprint density at radius 2 is 1.95 bits per heavy atom. The maximum atomic E-state index is 11.9. The van der Waals surface area contributed by atoms with E-state index in [0.717, 1.165) is 36.0 Å². The number of hydrogen-bond donors (Lipinski definition) is 1. The largest absolute Gasteiger partial charge is 0.388 e. The van der Waals surface area contributed by atoms with E-state index in [-0.39, 0.29) is 5.75 Å². The fourth-order valence-corrected chi connectivity index (χ4v) is 3.57. The zero-order valence-electron chi connectivity index (χ0n) is 12.2. The third-order valence-electron chi connectivity index (χ3n) is 3.90. The number of unbranched alkanes of at least 4 members (excludes halogenated alkanes) is 1. The van der Waals surface area contributed by atoms with Gasteiger partial charge in [0.2, 0.25) is 10.0 Å². The molecule has 5 heteroatoms. The maximum Gasteiger partial charge on any atom is 0.214 e. The number of rotatable bonds is 6. The van der Waals surface area contributed by atoms with Crippen LogP contribution in [-0.2, 0) is 23.1 Å². The summed E-state index contributed by atoms with van der Waals surface area (Å²) in [5.74, 6) is 0.132. The van der Waals surface area contributed by atoms with Crippen molar-refractivity contribution in [1.82, 2.24) is 4.31 Å². The molecule has 1 unspecified atom stereocenters. The Morgan fingerprint density at radius 1 is 1.25 bits per heavy atom. The van der Waals surface area contributed by atoms with Gasteiger partial charge in [-0.3, -0.25) is 0 Å². The summed E-state index contributed by atoms with van der Waals surface area (Å²) < 4.78 is 25.3. The molecular weight excluding hydrogens is 274 g/mol. The molecule has 0 bridgehead atoms. The number of nitrogens with zero attached hydrogens (tertiary/aromatic N) is 1. The van der Waals surface area contributed by atoms with Crippen LogP contribution in [0.25, 0.3) is 0 Å². The van der Waals surface area contributed by atoms with Gasteiger partial charge in [-0.05, 0) is 30.0 Å². The molecule has 0 aromatic heterocycles. The Balaban J connectivity index is 2.14.